The predicted molar refractivity (Wildman–Crippen MR) is 56.7 cm³/mol. The van der Waals surface area contributed by atoms with Crippen LogP contribution < -0.4 is 11.1 Å². The van der Waals surface area contributed by atoms with Crippen LogP contribution in [-0.2, 0) is 4.79 Å². The Balaban J connectivity index is 2.81. The summed E-state index contributed by atoms with van der Waals surface area (Å²) in [6.07, 6.45) is 0. The Morgan fingerprint density at radius 1 is 1.64 bits per heavy atom. The first-order chi connectivity index (χ1) is 6.49. The third-order valence-electron chi connectivity index (χ3n) is 1.60. The van der Waals surface area contributed by atoms with Crippen molar-refractivity contribution in [1.29, 1.82) is 0 Å². The Labute approximate surface area is 90.2 Å². The number of aromatic nitrogens is 2. The Morgan fingerprint density at radius 2 is 2.29 bits per heavy atom. The molecule has 76 valence electrons. The minimum atomic E-state index is -0.448. The topological polar surface area (TPSA) is 80.9 Å². The summed E-state index contributed by atoms with van der Waals surface area (Å²) in [6, 6.07) is 1.24. The summed E-state index contributed by atoms with van der Waals surface area (Å²) in [5.41, 5.74) is 5.10. The molecular formula is C8H11BrN4O. The first kappa shape index (κ1) is 10.9. The van der Waals surface area contributed by atoms with Gasteiger partial charge in [-0.2, -0.15) is 0 Å². The van der Waals surface area contributed by atoms with E-state index in [1.54, 1.807) is 19.9 Å². The van der Waals surface area contributed by atoms with Gasteiger partial charge in [-0.1, -0.05) is 0 Å². The number of nitrogens with two attached hydrogens (primary N) is 1. The number of hydrogen-bond acceptors (Lipinski definition) is 4. The van der Waals surface area contributed by atoms with Gasteiger partial charge in [0.1, 0.15) is 22.3 Å². The summed E-state index contributed by atoms with van der Waals surface area (Å²) in [4.78, 5) is 18.9. The number of carbonyl (C=O) groups excluding carboxylic acids is 1. The number of nitrogens with one attached hydrogen (secondary N) is 1. The van der Waals surface area contributed by atoms with Crippen molar-refractivity contribution in [3.8, 4) is 0 Å². The average molecular weight is 259 g/mol. The third kappa shape index (κ3) is 2.95. The van der Waals surface area contributed by atoms with Crippen LogP contribution in [0, 0.1) is 6.92 Å². The number of nitrogens with zero attached hydrogens (tertiary/aromatic N) is 2. The van der Waals surface area contributed by atoms with Gasteiger partial charge in [0.2, 0.25) is 5.91 Å². The van der Waals surface area contributed by atoms with Crippen molar-refractivity contribution in [3.05, 3.63) is 16.5 Å². The van der Waals surface area contributed by atoms with Gasteiger partial charge in [0.15, 0.2) is 0 Å². The summed E-state index contributed by atoms with van der Waals surface area (Å²) >= 11 is 3.23. The zero-order chi connectivity index (χ0) is 10.7. The van der Waals surface area contributed by atoms with E-state index in [1.807, 2.05) is 0 Å². The lowest BCUT2D eigenvalue weighted by molar-refractivity contribution is -0.118. The van der Waals surface area contributed by atoms with Crippen LogP contribution >= 0.6 is 15.9 Å². The molecule has 0 aromatic carbocycles. The molecule has 1 unspecified atom stereocenters. The van der Waals surface area contributed by atoms with Crippen molar-refractivity contribution in [2.24, 2.45) is 5.73 Å². The van der Waals surface area contributed by atoms with Crippen LogP contribution in [0.2, 0.25) is 0 Å². The maximum absolute atomic E-state index is 10.8. The minimum Gasteiger partial charge on any atom is -0.368 e. The number of rotatable bonds is 3. The van der Waals surface area contributed by atoms with Crippen LogP contribution in [0.15, 0.2) is 10.7 Å². The molecule has 1 rings (SSSR count). The van der Waals surface area contributed by atoms with Crippen LogP contribution in [0.1, 0.15) is 12.7 Å². The summed E-state index contributed by atoms with van der Waals surface area (Å²) in [5.74, 6) is 0.784. The normalized spacial score (nSPS) is 12.2. The molecule has 14 heavy (non-hydrogen) atoms. The van der Waals surface area contributed by atoms with E-state index in [0.29, 0.717) is 16.2 Å². The van der Waals surface area contributed by atoms with Crippen molar-refractivity contribution < 1.29 is 4.79 Å². The Morgan fingerprint density at radius 3 is 2.79 bits per heavy atom. The zero-order valence-corrected chi connectivity index (χ0v) is 9.50. The maximum atomic E-state index is 10.8. The lowest BCUT2D eigenvalue weighted by Gasteiger charge is -2.10. The highest BCUT2D eigenvalue weighted by Gasteiger charge is 2.09. The van der Waals surface area contributed by atoms with Gasteiger partial charge in [-0.05, 0) is 29.8 Å². The van der Waals surface area contributed by atoms with E-state index in [4.69, 9.17) is 5.73 Å². The standard InChI is InChI=1S/C8H11BrN4O/c1-4(8(10)14)11-7-3-6(9)12-5(2)13-7/h3-4H,1-2H3,(H2,10,14)(H,11,12,13). The molecular weight excluding hydrogens is 248 g/mol. The van der Waals surface area contributed by atoms with E-state index in [-0.39, 0.29) is 0 Å². The van der Waals surface area contributed by atoms with E-state index in [2.05, 4.69) is 31.2 Å². The summed E-state index contributed by atoms with van der Waals surface area (Å²) in [6.45, 7) is 3.44. The van der Waals surface area contributed by atoms with Gasteiger partial charge in [0, 0.05) is 6.07 Å². The largest absolute Gasteiger partial charge is 0.368 e. The van der Waals surface area contributed by atoms with E-state index in [1.165, 1.54) is 0 Å². The molecule has 0 aliphatic heterocycles. The van der Waals surface area contributed by atoms with Gasteiger partial charge in [-0.15, -0.1) is 0 Å². The first-order valence-corrected chi connectivity index (χ1v) is 4.85. The van der Waals surface area contributed by atoms with Crippen molar-refractivity contribution >= 4 is 27.7 Å². The van der Waals surface area contributed by atoms with Crippen molar-refractivity contribution in [2.75, 3.05) is 5.32 Å². The van der Waals surface area contributed by atoms with Gasteiger partial charge >= 0.3 is 0 Å². The first-order valence-electron chi connectivity index (χ1n) is 4.06. The fourth-order valence-corrected chi connectivity index (χ4v) is 1.37. The minimum absolute atomic E-state index is 0.419. The van der Waals surface area contributed by atoms with Crippen LogP contribution in [0.3, 0.4) is 0 Å². The van der Waals surface area contributed by atoms with Crippen LogP contribution in [-0.4, -0.2) is 21.9 Å². The highest BCUT2D eigenvalue weighted by atomic mass is 79.9. The number of primary amides is 1. The van der Waals surface area contributed by atoms with Crippen molar-refractivity contribution in [2.45, 2.75) is 19.9 Å². The second kappa shape index (κ2) is 4.36. The second-order valence-electron chi connectivity index (χ2n) is 2.89. The van der Waals surface area contributed by atoms with E-state index >= 15 is 0 Å². The molecule has 0 fully saturated rings. The maximum Gasteiger partial charge on any atom is 0.239 e. The Hall–Kier alpha value is -1.17. The zero-order valence-electron chi connectivity index (χ0n) is 7.91. The number of aryl methyl sites for hydroxylation is 1. The molecule has 6 heteroatoms. The van der Waals surface area contributed by atoms with E-state index in [9.17, 15) is 4.79 Å². The fraction of sp³-hybridized carbons (Fsp3) is 0.375. The summed E-state index contributed by atoms with van der Waals surface area (Å²) in [5, 5.41) is 2.87. The molecule has 0 radical (unpaired) electrons. The molecule has 3 N–H and O–H groups in total. The summed E-state index contributed by atoms with van der Waals surface area (Å²) in [7, 11) is 0. The molecule has 1 aromatic rings. The Kier molecular flexibility index (Phi) is 3.40. The molecule has 0 saturated heterocycles. The number of halogens is 1. The number of anilines is 1. The molecule has 0 spiro atoms. The lowest BCUT2D eigenvalue weighted by atomic mass is 10.3. The van der Waals surface area contributed by atoms with Crippen LogP contribution in [0.4, 0.5) is 5.82 Å². The van der Waals surface area contributed by atoms with Gasteiger partial charge in [0.05, 0.1) is 0 Å². The van der Waals surface area contributed by atoms with Crippen LogP contribution in [0.25, 0.3) is 0 Å². The fourth-order valence-electron chi connectivity index (χ4n) is 0.898. The van der Waals surface area contributed by atoms with Gasteiger partial charge in [-0.3, -0.25) is 4.79 Å². The monoisotopic (exact) mass is 258 g/mol. The molecule has 0 bridgehead atoms. The average Bonchev–Trinajstić information content (AvgIpc) is 2.01. The number of carbonyl (C=O) groups is 1. The van der Waals surface area contributed by atoms with Gasteiger partial charge in [-0.25, -0.2) is 9.97 Å². The molecule has 0 aliphatic rings. The number of amides is 1. The molecule has 0 aliphatic carbocycles. The highest BCUT2D eigenvalue weighted by Crippen LogP contribution is 2.12. The predicted octanol–water partition coefficient (Wildman–Crippen LogP) is 0.833. The molecule has 1 atom stereocenters. The second-order valence-corrected chi connectivity index (χ2v) is 3.70. The quantitative estimate of drug-likeness (QED) is 0.788. The SMILES string of the molecule is Cc1nc(Br)cc(NC(C)C(N)=O)n1. The molecule has 1 aromatic heterocycles. The highest BCUT2D eigenvalue weighted by molar-refractivity contribution is 9.10. The van der Waals surface area contributed by atoms with E-state index in [0.717, 1.165) is 0 Å². The van der Waals surface area contributed by atoms with Crippen molar-refractivity contribution in [1.82, 2.24) is 9.97 Å². The Bertz CT molecular complexity index is 335. The molecule has 0 saturated carbocycles. The summed E-state index contributed by atoms with van der Waals surface area (Å²) < 4.78 is 0.671. The number of hydrogen-bond donors (Lipinski definition) is 2. The third-order valence-corrected chi connectivity index (χ3v) is 2.00. The molecule has 5 nitrogen and oxygen atoms in total. The van der Waals surface area contributed by atoms with Crippen molar-refractivity contribution in [3.63, 3.8) is 0 Å². The molecule has 1 heterocycles. The molecule has 1 amide bonds. The van der Waals surface area contributed by atoms with Crippen LogP contribution in [0.5, 0.6) is 0 Å². The van der Waals surface area contributed by atoms with Gasteiger partial charge < -0.3 is 11.1 Å². The lowest BCUT2D eigenvalue weighted by Crippen LogP contribution is -2.32. The smallest absolute Gasteiger partial charge is 0.239 e. The van der Waals surface area contributed by atoms with Gasteiger partial charge in [0.25, 0.3) is 0 Å². The van der Waals surface area contributed by atoms with E-state index < -0.39 is 11.9 Å².